The summed E-state index contributed by atoms with van der Waals surface area (Å²) in [6, 6.07) is 14.9. The summed E-state index contributed by atoms with van der Waals surface area (Å²) in [5.74, 6) is -0.390. The van der Waals surface area contributed by atoms with Crippen LogP contribution in [0.3, 0.4) is 0 Å². The third-order valence-corrected chi connectivity index (χ3v) is 4.61. The third kappa shape index (κ3) is 5.96. The van der Waals surface area contributed by atoms with Crippen LogP contribution in [0, 0.1) is 0 Å². The Kier molecular flexibility index (Phi) is 7.47. The molecule has 0 aromatic heterocycles. The van der Waals surface area contributed by atoms with Crippen molar-refractivity contribution in [1.29, 1.82) is 0 Å². The van der Waals surface area contributed by atoms with Crippen molar-refractivity contribution in [2.45, 2.75) is 13.3 Å². The molecule has 0 saturated carbocycles. The first-order valence-corrected chi connectivity index (χ1v) is 9.90. The van der Waals surface area contributed by atoms with Gasteiger partial charge in [0.2, 0.25) is 5.91 Å². The molecule has 3 rings (SSSR count). The number of esters is 1. The summed E-state index contributed by atoms with van der Waals surface area (Å²) in [5.41, 5.74) is 3.19. The number of hydrogen-bond acceptors (Lipinski definition) is 6. The lowest BCUT2D eigenvalue weighted by atomic mass is 10.2. The Labute approximate surface area is 171 Å². The normalized spacial score (nSPS) is 13.6. The molecule has 0 aliphatic carbocycles. The minimum atomic E-state index is -0.336. The van der Waals surface area contributed by atoms with Gasteiger partial charge >= 0.3 is 5.97 Å². The molecular formula is C22H27N3O4. The van der Waals surface area contributed by atoms with Gasteiger partial charge in [-0.3, -0.25) is 4.79 Å². The number of carbonyl (C=O) groups is 2. The van der Waals surface area contributed by atoms with E-state index in [1.807, 2.05) is 24.3 Å². The van der Waals surface area contributed by atoms with Gasteiger partial charge in [0.05, 0.1) is 36.8 Å². The van der Waals surface area contributed by atoms with E-state index < -0.39 is 0 Å². The van der Waals surface area contributed by atoms with Crippen LogP contribution in [0.4, 0.5) is 17.1 Å². The van der Waals surface area contributed by atoms with Crippen molar-refractivity contribution in [3.8, 4) is 0 Å². The first-order chi connectivity index (χ1) is 14.2. The van der Waals surface area contributed by atoms with Gasteiger partial charge < -0.3 is 25.0 Å². The molecule has 0 radical (unpaired) electrons. The number of hydrogen-bond donors (Lipinski definition) is 2. The highest BCUT2D eigenvalue weighted by Crippen LogP contribution is 2.26. The number of rotatable bonds is 8. The van der Waals surface area contributed by atoms with Crippen LogP contribution in [0.1, 0.15) is 23.7 Å². The molecule has 1 fully saturated rings. The highest BCUT2D eigenvalue weighted by molar-refractivity contribution is 5.94. The Balaban J connectivity index is 1.49. The number of amides is 1. The second-order valence-electron chi connectivity index (χ2n) is 6.64. The lowest BCUT2D eigenvalue weighted by Gasteiger charge is -2.30. The average molecular weight is 397 g/mol. The van der Waals surface area contributed by atoms with Crippen molar-refractivity contribution in [2.24, 2.45) is 0 Å². The fraction of sp³-hybridized carbons (Fsp3) is 0.364. The summed E-state index contributed by atoms with van der Waals surface area (Å²) in [7, 11) is 0. The molecule has 1 aliphatic heterocycles. The minimum absolute atomic E-state index is 0.0543. The first kappa shape index (κ1) is 20.7. The van der Waals surface area contributed by atoms with E-state index in [2.05, 4.69) is 15.5 Å². The average Bonchev–Trinajstić information content (AvgIpc) is 2.75. The van der Waals surface area contributed by atoms with Crippen molar-refractivity contribution < 1.29 is 19.1 Å². The highest BCUT2D eigenvalue weighted by Gasteiger charge is 2.15. The summed E-state index contributed by atoms with van der Waals surface area (Å²) in [4.78, 5) is 26.3. The van der Waals surface area contributed by atoms with E-state index in [-0.39, 0.29) is 11.9 Å². The van der Waals surface area contributed by atoms with E-state index in [1.165, 1.54) is 0 Å². The summed E-state index contributed by atoms with van der Waals surface area (Å²) in [5, 5.41) is 6.21. The summed E-state index contributed by atoms with van der Waals surface area (Å²) < 4.78 is 10.4. The van der Waals surface area contributed by atoms with E-state index >= 15 is 0 Å². The van der Waals surface area contributed by atoms with Gasteiger partial charge in [0.25, 0.3) is 0 Å². The van der Waals surface area contributed by atoms with Crippen LogP contribution in [0.2, 0.25) is 0 Å². The number of nitrogens with zero attached hydrogens (tertiary/aromatic N) is 1. The van der Waals surface area contributed by atoms with Gasteiger partial charge in [0.1, 0.15) is 0 Å². The number of nitrogens with one attached hydrogen (secondary N) is 2. The van der Waals surface area contributed by atoms with Crippen molar-refractivity contribution in [2.75, 3.05) is 55.0 Å². The second kappa shape index (κ2) is 10.5. The molecule has 1 saturated heterocycles. The van der Waals surface area contributed by atoms with Crippen LogP contribution in [0.15, 0.2) is 48.5 Å². The molecule has 29 heavy (non-hydrogen) atoms. The molecule has 7 heteroatoms. The van der Waals surface area contributed by atoms with Crippen molar-refractivity contribution in [1.82, 2.24) is 0 Å². The smallest absolute Gasteiger partial charge is 0.338 e. The van der Waals surface area contributed by atoms with Crippen molar-refractivity contribution in [3.05, 3.63) is 54.1 Å². The summed E-state index contributed by atoms with van der Waals surface area (Å²) in [6.45, 7) is 5.64. The van der Waals surface area contributed by atoms with E-state index in [9.17, 15) is 9.59 Å². The van der Waals surface area contributed by atoms with Gasteiger partial charge in [-0.05, 0) is 43.3 Å². The van der Waals surface area contributed by atoms with Gasteiger partial charge in [-0.15, -0.1) is 0 Å². The number of morpholine rings is 1. The van der Waals surface area contributed by atoms with E-state index in [4.69, 9.17) is 9.47 Å². The number of ether oxygens (including phenoxy) is 2. The highest BCUT2D eigenvalue weighted by atomic mass is 16.5. The molecule has 1 amide bonds. The van der Waals surface area contributed by atoms with Crippen molar-refractivity contribution >= 4 is 28.9 Å². The molecule has 0 bridgehead atoms. The zero-order chi connectivity index (χ0) is 20.5. The predicted molar refractivity (Wildman–Crippen MR) is 114 cm³/mol. The van der Waals surface area contributed by atoms with Crippen LogP contribution in [0.5, 0.6) is 0 Å². The second-order valence-corrected chi connectivity index (χ2v) is 6.64. The Morgan fingerprint density at radius 1 is 1.07 bits per heavy atom. The molecule has 2 N–H and O–H groups in total. The van der Waals surface area contributed by atoms with E-state index in [1.54, 1.807) is 31.2 Å². The van der Waals surface area contributed by atoms with E-state index in [0.29, 0.717) is 38.3 Å². The predicted octanol–water partition coefficient (Wildman–Crippen LogP) is 3.14. The number of para-hydroxylation sites is 2. The van der Waals surface area contributed by atoms with Crippen LogP contribution in [-0.4, -0.2) is 51.3 Å². The number of anilines is 3. The van der Waals surface area contributed by atoms with Crippen LogP contribution in [0.25, 0.3) is 0 Å². The quantitative estimate of drug-likeness (QED) is 0.666. The maximum Gasteiger partial charge on any atom is 0.338 e. The third-order valence-electron chi connectivity index (χ3n) is 4.61. The monoisotopic (exact) mass is 397 g/mol. The van der Waals surface area contributed by atoms with Crippen LogP contribution < -0.4 is 15.5 Å². The lowest BCUT2D eigenvalue weighted by Crippen LogP contribution is -2.36. The van der Waals surface area contributed by atoms with Crippen LogP contribution in [-0.2, 0) is 14.3 Å². The summed E-state index contributed by atoms with van der Waals surface area (Å²) >= 11 is 0. The molecule has 7 nitrogen and oxygen atoms in total. The Hall–Kier alpha value is -3.06. The fourth-order valence-corrected chi connectivity index (χ4v) is 3.13. The molecule has 2 aromatic carbocycles. The largest absolute Gasteiger partial charge is 0.462 e. The fourth-order valence-electron chi connectivity index (χ4n) is 3.13. The lowest BCUT2D eigenvalue weighted by molar-refractivity contribution is -0.115. The molecule has 154 valence electrons. The molecule has 0 spiro atoms. The Bertz CT molecular complexity index is 817. The number of carbonyl (C=O) groups excluding carboxylic acids is 2. The topological polar surface area (TPSA) is 79.9 Å². The van der Waals surface area contributed by atoms with Crippen LogP contribution >= 0.6 is 0 Å². The van der Waals surface area contributed by atoms with E-state index in [0.717, 1.165) is 30.2 Å². The zero-order valence-corrected chi connectivity index (χ0v) is 16.6. The molecule has 1 heterocycles. The first-order valence-electron chi connectivity index (χ1n) is 9.90. The molecule has 2 aromatic rings. The number of benzene rings is 2. The maximum atomic E-state index is 12.4. The Morgan fingerprint density at radius 3 is 2.52 bits per heavy atom. The van der Waals surface area contributed by atoms with Gasteiger partial charge in [0.15, 0.2) is 0 Å². The Morgan fingerprint density at radius 2 is 1.79 bits per heavy atom. The minimum Gasteiger partial charge on any atom is -0.462 e. The van der Waals surface area contributed by atoms with Gasteiger partial charge in [-0.25, -0.2) is 4.79 Å². The molecule has 1 aliphatic rings. The molecule has 0 atom stereocenters. The standard InChI is InChI=1S/C22H27N3O4/c1-2-29-22(27)17-7-9-18(10-8-17)23-12-11-21(26)24-19-5-3-4-6-20(19)25-13-15-28-16-14-25/h3-10,23H,2,11-16H2,1H3,(H,24,26). The molecular weight excluding hydrogens is 370 g/mol. The zero-order valence-electron chi connectivity index (χ0n) is 16.6. The SMILES string of the molecule is CCOC(=O)c1ccc(NCCC(=O)Nc2ccccc2N2CCOCC2)cc1. The maximum absolute atomic E-state index is 12.4. The molecule has 0 unspecified atom stereocenters. The van der Waals surface area contributed by atoms with Gasteiger partial charge in [0, 0.05) is 31.7 Å². The van der Waals surface area contributed by atoms with Gasteiger partial charge in [-0.2, -0.15) is 0 Å². The summed E-state index contributed by atoms with van der Waals surface area (Å²) in [6.07, 6.45) is 0.330. The van der Waals surface area contributed by atoms with Crippen molar-refractivity contribution in [3.63, 3.8) is 0 Å². The van der Waals surface area contributed by atoms with Gasteiger partial charge in [-0.1, -0.05) is 12.1 Å².